The van der Waals surface area contributed by atoms with Gasteiger partial charge in [0.2, 0.25) is 0 Å². The number of esters is 1. The van der Waals surface area contributed by atoms with Crippen LogP contribution in [0.15, 0.2) is 36.9 Å². The number of nitrogens with two attached hydrogens (primary N) is 1. The Bertz CT molecular complexity index is 831. The number of pyridine rings is 1. The summed E-state index contributed by atoms with van der Waals surface area (Å²) in [6, 6.07) is 7.43. The molecule has 0 unspecified atom stereocenters. The number of anilines is 1. The number of nitrogen functional groups attached to an aromatic ring is 1. The van der Waals surface area contributed by atoms with Crippen LogP contribution in [0.3, 0.4) is 0 Å². The molecule has 0 aliphatic heterocycles. The maximum absolute atomic E-state index is 11.8. The zero-order valence-corrected chi connectivity index (χ0v) is 13.6. The van der Waals surface area contributed by atoms with Gasteiger partial charge in [0.05, 0.1) is 23.5 Å². The van der Waals surface area contributed by atoms with Crippen LogP contribution >= 0.6 is 11.6 Å². The molecular formula is C18H15ClN2O2. The number of methoxy groups -OCH3 is 1. The van der Waals surface area contributed by atoms with Crippen molar-refractivity contribution in [1.82, 2.24) is 4.98 Å². The normalized spacial score (nSPS) is 9.70. The highest BCUT2D eigenvalue weighted by molar-refractivity contribution is 6.36. The first-order chi connectivity index (χ1) is 11.0. The second kappa shape index (κ2) is 6.99. The van der Waals surface area contributed by atoms with Crippen molar-refractivity contribution in [2.24, 2.45) is 0 Å². The molecule has 1 heterocycles. The van der Waals surface area contributed by atoms with Crippen LogP contribution in [0, 0.1) is 18.8 Å². The first-order valence-corrected chi connectivity index (χ1v) is 7.14. The molecule has 2 rings (SSSR count). The summed E-state index contributed by atoms with van der Waals surface area (Å²) in [5.74, 6) is 5.09. The number of hydrogen-bond acceptors (Lipinski definition) is 4. The topological polar surface area (TPSA) is 65.2 Å². The molecule has 2 aromatic rings. The van der Waals surface area contributed by atoms with E-state index in [4.69, 9.17) is 22.1 Å². The van der Waals surface area contributed by atoms with Gasteiger partial charge in [0.25, 0.3) is 0 Å². The minimum absolute atomic E-state index is 0.00259. The van der Waals surface area contributed by atoms with Crippen LogP contribution in [0.4, 0.5) is 5.69 Å². The SMILES string of the molecule is C=CC#Cc1ccc(-c2nc(C(=O)OC)c(Cl)c(N)c2C)cc1. The van der Waals surface area contributed by atoms with Crippen molar-refractivity contribution in [1.29, 1.82) is 0 Å². The molecule has 0 fully saturated rings. The predicted molar refractivity (Wildman–Crippen MR) is 92.2 cm³/mol. The lowest BCUT2D eigenvalue weighted by molar-refractivity contribution is 0.0594. The van der Waals surface area contributed by atoms with E-state index in [-0.39, 0.29) is 10.7 Å². The largest absolute Gasteiger partial charge is 0.464 e. The molecule has 0 amide bonds. The molecule has 23 heavy (non-hydrogen) atoms. The summed E-state index contributed by atoms with van der Waals surface area (Å²) in [6.45, 7) is 5.35. The lowest BCUT2D eigenvalue weighted by Gasteiger charge is -2.12. The Morgan fingerprint density at radius 1 is 1.39 bits per heavy atom. The molecule has 116 valence electrons. The summed E-state index contributed by atoms with van der Waals surface area (Å²) in [4.78, 5) is 16.1. The number of carbonyl (C=O) groups is 1. The highest BCUT2D eigenvalue weighted by Gasteiger charge is 2.20. The van der Waals surface area contributed by atoms with Gasteiger partial charge in [-0.05, 0) is 30.7 Å². The number of allylic oxidation sites excluding steroid dienone is 1. The van der Waals surface area contributed by atoms with E-state index in [1.54, 1.807) is 6.92 Å². The van der Waals surface area contributed by atoms with E-state index in [0.717, 1.165) is 11.1 Å². The Balaban J connectivity index is 2.56. The van der Waals surface area contributed by atoms with Crippen molar-refractivity contribution in [3.63, 3.8) is 0 Å². The van der Waals surface area contributed by atoms with Crippen LogP contribution in [0.5, 0.6) is 0 Å². The summed E-state index contributed by atoms with van der Waals surface area (Å²) in [7, 11) is 1.27. The summed E-state index contributed by atoms with van der Waals surface area (Å²) in [6.07, 6.45) is 1.53. The number of aromatic nitrogens is 1. The van der Waals surface area contributed by atoms with Crippen LogP contribution in [-0.4, -0.2) is 18.1 Å². The molecule has 1 aromatic carbocycles. The van der Waals surface area contributed by atoms with E-state index in [9.17, 15) is 4.79 Å². The number of rotatable bonds is 2. The quantitative estimate of drug-likeness (QED) is 0.676. The molecule has 0 saturated heterocycles. The van der Waals surface area contributed by atoms with Crippen molar-refractivity contribution in [3.8, 4) is 23.1 Å². The lowest BCUT2D eigenvalue weighted by atomic mass is 10.0. The summed E-state index contributed by atoms with van der Waals surface area (Å²) >= 11 is 6.10. The third-order valence-corrected chi connectivity index (χ3v) is 3.67. The van der Waals surface area contributed by atoms with Gasteiger partial charge in [0.1, 0.15) is 0 Å². The van der Waals surface area contributed by atoms with Crippen LogP contribution < -0.4 is 5.73 Å². The molecule has 4 nitrogen and oxygen atoms in total. The Kier molecular flexibility index (Phi) is 5.05. The van der Waals surface area contributed by atoms with Crippen LogP contribution in [0.2, 0.25) is 5.02 Å². The van der Waals surface area contributed by atoms with E-state index in [0.29, 0.717) is 16.9 Å². The standard InChI is InChI=1S/C18H15ClN2O2/c1-4-5-6-12-7-9-13(10-8-12)16-11(2)15(20)14(19)17(21-16)18(22)23-3/h4,7-10H,1H2,2-3H3,(H2,20,21). The average Bonchev–Trinajstić information content (AvgIpc) is 2.58. The second-order valence-electron chi connectivity index (χ2n) is 4.70. The number of benzene rings is 1. The minimum Gasteiger partial charge on any atom is -0.464 e. The zero-order chi connectivity index (χ0) is 17.0. The van der Waals surface area contributed by atoms with E-state index >= 15 is 0 Å². The number of ether oxygens (including phenoxy) is 1. The maximum atomic E-state index is 11.8. The maximum Gasteiger partial charge on any atom is 0.358 e. The Morgan fingerprint density at radius 3 is 2.61 bits per heavy atom. The first-order valence-electron chi connectivity index (χ1n) is 6.76. The van der Waals surface area contributed by atoms with Crippen LogP contribution in [0.1, 0.15) is 21.6 Å². The fraction of sp³-hybridized carbons (Fsp3) is 0.111. The molecule has 0 bridgehead atoms. The van der Waals surface area contributed by atoms with Gasteiger partial charge < -0.3 is 10.5 Å². The molecule has 2 N–H and O–H groups in total. The van der Waals surface area contributed by atoms with Crippen molar-refractivity contribution >= 4 is 23.3 Å². The number of nitrogens with zero attached hydrogens (tertiary/aromatic N) is 1. The summed E-state index contributed by atoms with van der Waals surface area (Å²) in [5.41, 5.74) is 9.25. The minimum atomic E-state index is -0.628. The first kappa shape index (κ1) is 16.6. The van der Waals surface area contributed by atoms with E-state index in [1.807, 2.05) is 24.3 Å². The smallest absolute Gasteiger partial charge is 0.358 e. The van der Waals surface area contributed by atoms with E-state index in [2.05, 4.69) is 23.4 Å². The van der Waals surface area contributed by atoms with E-state index in [1.165, 1.54) is 13.2 Å². The van der Waals surface area contributed by atoms with Crippen molar-refractivity contribution in [2.75, 3.05) is 12.8 Å². The van der Waals surface area contributed by atoms with Gasteiger partial charge in [-0.1, -0.05) is 42.2 Å². The Labute approximate surface area is 139 Å². The van der Waals surface area contributed by atoms with Crippen molar-refractivity contribution < 1.29 is 9.53 Å². The summed E-state index contributed by atoms with van der Waals surface area (Å²) in [5, 5.41) is 0.103. The Morgan fingerprint density at radius 2 is 2.04 bits per heavy atom. The molecule has 0 saturated carbocycles. The van der Waals surface area contributed by atoms with Gasteiger partial charge in [-0.2, -0.15) is 0 Å². The van der Waals surface area contributed by atoms with Crippen LogP contribution in [0.25, 0.3) is 11.3 Å². The van der Waals surface area contributed by atoms with Gasteiger partial charge in [-0.15, -0.1) is 0 Å². The third-order valence-electron chi connectivity index (χ3n) is 3.28. The molecule has 0 spiro atoms. The second-order valence-corrected chi connectivity index (χ2v) is 5.08. The molecule has 0 aliphatic rings. The van der Waals surface area contributed by atoms with Crippen molar-refractivity contribution in [2.45, 2.75) is 6.92 Å². The van der Waals surface area contributed by atoms with Crippen molar-refractivity contribution in [3.05, 3.63) is 58.8 Å². The third kappa shape index (κ3) is 3.36. The number of halogens is 1. The lowest BCUT2D eigenvalue weighted by Crippen LogP contribution is -2.09. The number of hydrogen-bond donors (Lipinski definition) is 1. The molecule has 0 radical (unpaired) electrons. The summed E-state index contributed by atoms with van der Waals surface area (Å²) < 4.78 is 4.70. The monoisotopic (exact) mass is 326 g/mol. The molecule has 5 heteroatoms. The van der Waals surface area contributed by atoms with Gasteiger partial charge in [-0.3, -0.25) is 0 Å². The highest BCUT2D eigenvalue weighted by Crippen LogP contribution is 2.33. The molecule has 0 atom stereocenters. The zero-order valence-electron chi connectivity index (χ0n) is 12.8. The molecular weight excluding hydrogens is 312 g/mol. The van der Waals surface area contributed by atoms with Gasteiger partial charge in [0.15, 0.2) is 5.69 Å². The Hall–Kier alpha value is -2.77. The number of carbonyl (C=O) groups excluding carboxylic acids is 1. The van der Waals surface area contributed by atoms with E-state index < -0.39 is 5.97 Å². The van der Waals surface area contributed by atoms with Gasteiger partial charge >= 0.3 is 5.97 Å². The van der Waals surface area contributed by atoms with Crippen LogP contribution in [-0.2, 0) is 4.74 Å². The molecule has 0 aliphatic carbocycles. The fourth-order valence-electron chi connectivity index (χ4n) is 2.02. The molecule has 1 aromatic heterocycles. The average molecular weight is 327 g/mol. The fourth-order valence-corrected chi connectivity index (χ4v) is 2.28. The highest BCUT2D eigenvalue weighted by atomic mass is 35.5. The van der Waals surface area contributed by atoms with Gasteiger partial charge in [0, 0.05) is 11.1 Å². The van der Waals surface area contributed by atoms with Gasteiger partial charge in [-0.25, -0.2) is 9.78 Å². The predicted octanol–water partition coefficient (Wildman–Crippen LogP) is 3.62.